The van der Waals surface area contributed by atoms with Crippen molar-refractivity contribution in [2.45, 2.75) is 19.4 Å². The molecule has 0 spiro atoms. The van der Waals surface area contributed by atoms with E-state index < -0.39 is 5.97 Å². The third kappa shape index (κ3) is 4.04. The predicted octanol–water partition coefficient (Wildman–Crippen LogP) is 1.16. The Morgan fingerprint density at radius 1 is 1.42 bits per heavy atom. The average molecular weight is 282 g/mol. The Balaban J connectivity index is 1.68. The van der Waals surface area contributed by atoms with Crippen LogP contribution in [-0.4, -0.2) is 41.5 Å². The molecule has 0 saturated carbocycles. The summed E-state index contributed by atoms with van der Waals surface area (Å²) in [6, 6.07) is 2.03. The van der Waals surface area contributed by atoms with Gasteiger partial charge in [0.2, 0.25) is 5.91 Å². The van der Waals surface area contributed by atoms with Crippen LogP contribution >= 0.6 is 11.3 Å². The minimum atomic E-state index is -0.748. The van der Waals surface area contributed by atoms with Gasteiger partial charge in [-0.1, -0.05) is 0 Å². The second-order valence-electron chi connectivity index (χ2n) is 4.73. The van der Waals surface area contributed by atoms with E-state index in [-0.39, 0.29) is 11.8 Å². The van der Waals surface area contributed by atoms with Gasteiger partial charge in [-0.25, -0.2) is 0 Å². The van der Waals surface area contributed by atoms with E-state index in [1.54, 1.807) is 16.2 Å². The Bertz CT molecular complexity index is 425. The van der Waals surface area contributed by atoms with E-state index in [1.165, 1.54) is 5.56 Å². The fraction of sp³-hybridized carbons (Fsp3) is 0.538. The van der Waals surface area contributed by atoms with E-state index >= 15 is 0 Å². The van der Waals surface area contributed by atoms with Crippen molar-refractivity contribution in [1.82, 2.24) is 10.2 Å². The van der Waals surface area contributed by atoms with Crippen LogP contribution in [0.4, 0.5) is 0 Å². The third-order valence-corrected chi connectivity index (χ3v) is 4.11. The lowest BCUT2D eigenvalue weighted by Crippen LogP contribution is -2.43. The highest BCUT2D eigenvalue weighted by Crippen LogP contribution is 2.17. The first-order chi connectivity index (χ1) is 9.16. The van der Waals surface area contributed by atoms with Crippen LogP contribution in [-0.2, 0) is 16.1 Å². The molecular weight excluding hydrogens is 264 g/mol. The Morgan fingerprint density at radius 3 is 2.74 bits per heavy atom. The van der Waals surface area contributed by atoms with Gasteiger partial charge in [-0.3, -0.25) is 9.59 Å². The van der Waals surface area contributed by atoms with E-state index in [0.717, 1.165) is 0 Å². The number of nitrogens with one attached hydrogen (secondary N) is 1. The van der Waals surface area contributed by atoms with Gasteiger partial charge in [0.05, 0.1) is 12.5 Å². The first-order valence-corrected chi connectivity index (χ1v) is 7.33. The molecule has 0 aliphatic carbocycles. The maximum Gasteiger partial charge on any atom is 0.306 e. The van der Waals surface area contributed by atoms with Crippen molar-refractivity contribution in [3.05, 3.63) is 22.4 Å². The topological polar surface area (TPSA) is 69.6 Å². The summed E-state index contributed by atoms with van der Waals surface area (Å²) >= 11 is 1.64. The van der Waals surface area contributed by atoms with Crippen LogP contribution in [0.5, 0.6) is 0 Å². The van der Waals surface area contributed by atoms with Gasteiger partial charge in [-0.15, -0.1) is 0 Å². The summed E-state index contributed by atoms with van der Waals surface area (Å²) in [7, 11) is 0. The van der Waals surface area contributed by atoms with Crippen molar-refractivity contribution in [1.29, 1.82) is 0 Å². The van der Waals surface area contributed by atoms with Gasteiger partial charge in [-0.2, -0.15) is 11.3 Å². The lowest BCUT2D eigenvalue weighted by molar-refractivity contribution is -0.145. The van der Waals surface area contributed by atoms with Crippen LogP contribution in [0.2, 0.25) is 0 Å². The quantitative estimate of drug-likeness (QED) is 0.850. The van der Waals surface area contributed by atoms with Crippen LogP contribution < -0.4 is 5.32 Å². The zero-order chi connectivity index (χ0) is 13.7. The maximum absolute atomic E-state index is 11.9. The van der Waals surface area contributed by atoms with E-state index in [9.17, 15) is 9.59 Å². The standard InChI is InChI=1S/C13H18N2O3S/c16-12(8-14-7-10-3-6-19-9-10)15-4-1-11(2-5-15)13(17)18/h3,6,9,11,14H,1-2,4-5,7-8H2,(H,17,18). The largest absolute Gasteiger partial charge is 0.481 e. The van der Waals surface area contributed by atoms with E-state index in [1.807, 2.05) is 11.4 Å². The normalized spacial score (nSPS) is 16.5. The summed E-state index contributed by atoms with van der Waals surface area (Å²) in [6.45, 7) is 2.11. The number of carbonyl (C=O) groups is 2. The SMILES string of the molecule is O=C(O)C1CCN(C(=O)CNCc2ccsc2)CC1. The molecule has 2 rings (SSSR count). The van der Waals surface area contributed by atoms with Gasteiger partial charge in [0, 0.05) is 19.6 Å². The predicted molar refractivity (Wildman–Crippen MR) is 73.0 cm³/mol. The first-order valence-electron chi connectivity index (χ1n) is 6.39. The lowest BCUT2D eigenvalue weighted by atomic mass is 9.97. The number of nitrogens with zero attached hydrogens (tertiary/aromatic N) is 1. The smallest absolute Gasteiger partial charge is 0.306 e. The second-order valence-corrected chi connectivity index (χ2v) is 5.51. The number of likely N-dealkylation sites (tertiary alicyclic amines) is 1. The molecule has 5 nitrogen and oxygen atoms in total. The Labute approximate surface area is 116 Å². The van der Waals surface area contributed by atoms with Crippen LogP contribution in [0.15, 0.2) is 16.8 Å². The number of hydrogen-bond acceptors (Lipinski definition) is 4. The molecule has 2 N–H and O–H groups in total. The van der Waals surface area contributed by atoms with E-state index in [4.69, 9.17) is 5.11 Å². The summed E-state index contributed by atoms with van der Waals surface area (Å²) in [5, 5.41) is 16.1. The van der Waals surface area contributed by atoms with Crippen molar-refractivity contribution in [2.75, 3.05) is 19.6 Å². The van der Waals surface area contributed by atoms with Crippen molar-refractivity contribution in [2.24, 2.45) is 5.92 Å². The number of thiophene rings is 1. The molecular formula is C13H18N2O3S. The van der Waals surface area contributed by atoms with Crippen molar-refractivity contribution >= 4 is 23.2 Å². The van der Waals surface area contributed by atoms with Gasteiger partial charge in [0.1, 0.15) is 0 Å². The van der Waals surface area contributed by atoms with Gasteiger partial charge in [0.15, 0.2) is 0 Å². The summed E-state index contributed by atoms with van der Waals surface area (Å²) in [6.07, 6.45) is 1.12. The number of amides is 1. The number of rotatable bonds is 5. The minimum absolute atomic E-state index is 0.0547. The molecule has 1 aliphatic rings. The van der Waals surface area contributed by atoms with Crippen LogP contribution in [0.3, 0.4) is 0 Å². The summed E-state index contributed by atoms with van der Waals surface area (Å²) in [5.74, 6) is -0.982. The maximum atomic E-state index is 11.9. The molecule has 0 atom stereocenters. The molecule has 1 amide bonds. The molecule has 104 valence electrons. The Hall–Kier alpha value is -1.40. The molecule has 0 unspecified atom stereocenters. The number of carboxylic acid groups (broad SMARTS) is 1. The first kappa shape index (κ1) is 14.0. The lowest BCUT2D eigenvalue weighted by Gasteiger charge is -2.30. The van der Waals surface area contributed by atoms with Crippen LogP contribution in [0.25, 0.3) is 0 Å². The van der Waals surface area contributed by atoms with Crippen LogP contribution in [0, 0.1) is 5.92 Å². The Kier molecular flexibility index (Phi) is 4.93. The van der Waals surface area contributed by atoms with E-state index in [2.05, 4.69) is 10.7 Å². The molecule has 0 aromatic carbocycles. The molecule has 0 radical (unpaired) electrons. The molecule has 1 aliphatic heterocycles. The minimum Gasteiger partial charge on any atom is -0.481 e. The fourth-order valence-corrected chi connectivity index (χ4v) is 2.86. The zero-order valence-corrected chi connectivity index (χ0v) is 11.5. The molecule has 1 aromatic rings. The average Bonchev–Trinajstić information content (AvgIpc) is 2.92. The number of aliphatic carboxylic acids is 1. The highest BCUT2D eigenvalue weighted by molar-refractivity contribution is 7.07. The van der Waals surface area contributed by atoms with Crippen molar-refractivity contribution in [3.8, 4) is 0 Å². The highest BCUT2D eigenvalue weighted by atomic mass is 32.1. The number of hydrogen-bond donors (Lipinski definition) is 2. The number of carboxylic acids is 1. The molecule has 1 aromatic heterocycles. The number of carbonyl (C=O) groups excluding carboxylic acids is 1. The van der Waals surface area contributed by atoms with Crippen molar-refractivity contribution in [3.63, 3.8) is 0 Å². The van der Waals surface area contributed by atoms with Gasteiger partial charge in [0.25, 0.3) is 0 Å². The monoisotopic (exact) mass is 282 g/mol. The highest BCUT2D eigenvalue weighted by Gasteiger charge is 2.26. The molecule has 2 heterocycles. The Morgan fingerprint density at radius 2 is 2.16 bits per heavy atom. The zero-order valence-electron chi connectivity index (χ0n) is 10.7. The fourth-order valence-electron chi connectivity index (χ4n) is 2.19. The van der Waals surface area contributed by atoms with Gasteiger partial charge < -0.3 is 15.3 Å². The summed E-state index contributed by atoms with van der Waals surface area (Å²) in [4.78, 5) is 24.5. The van der Waals surface area contributed by atoms with Gasteiger partial charge >= 0.3 is 5.97 Å². The van der Waals surface area contributed by atoms with Crippen LogP contribution in [0.1, 0.15) is 18.4 Å². The third-order valence-electron chi connectivity index (χ3n) is 3.38. The summed E-state index contributed by atoms with van der Waals surface area (Å²) < 4.78 is 0. The summed E-state index contributed by atoms with van der Waals surface area (Å²) in [5.41, 5.74) is 1.18. The molecule has 1 fully saturated rings. The molecule has 6 heteroatoms. The molecule has 0 bridgehead atoms. The van der Waals surface area contributed by atoms with E-state index in [0.29, 0.717) is 39.0 Å². The second kappa shape index (κ2) is 6.68. The number of piperidine rings is 1. The van der Waals surface area contributed by atoms with Crippen molar-refractivity contribution < 1.29 is 14.7 Å². The van der Waals surface area contributed by atoms with Gasteiger partial charge in [-0.05, 0) is 35.2 Å². The molecule has 19 heavy (non-hydrogen) atoms. The molecule has 1 saturated heterocycles.